The maximum absolute atomic E-state index is 13.7. The molecule has 4 N–H and O–H groups in total. The molecule has 5 aromatic rings. The van der Waals surface area contributed by atoms with Gasteiger partial charge in [-0.15, -0.1) is 0 Å². The minimum atomic E-state index is -0.615. The van der Waals surface area contributed by atoms with Gasteiger partial charge in [-0.25, -0.2) is 14.2 Å². The summed E-state index contributed by atoms with van der Waals surface area (Å²) in [5.74, 6) is -0.924. The molecule has 3 aromatic carbocycles. The van der Waals surface area contributed by atoms with Crippen LogP contribution in [0.5, 0.6) is 0 Å². The molecule has 7 rings (SSSR count). The topological polar surface area (TPSA) is 117 Å². The Morgan fingerprint density at radius 1 is 1.02 bits per heavy atom. The van der Waals surface area contributed by atoms with Crippen LogP contribution in [0.1, 0.15) is 27.2 Å². The van der Waals surface area contributed by atoms with Gasteiger partial charge in [0, 0.05) is 65.6 Å². The molecule has 0 radical (unpaired) electrons. The Kier molecular flexibility index (Phi) is 6.27. The highest BCUT2D eigenvalue weighted by molar-refractivity contribution is 6.19. The van der Waals surface area contributed by atoms with Gasteiger partial charge < -0.3 is 30.6 Å². The number of carbonyl (C=O) groups excluding carboxylic acids is 2. The molecule has 1 fully saturated rings. The standard InChI is InChI=1S/C32H29FN6O3/c1-18-23(3-2-4-26(18)37-32(41)39-16-19-5-6-21(33)13-20(19)17-39)25-15-35-30(31(34)40)29-28(25)24-8-7-22(14-27(24)36-29)38-9-11-42-12-10-38/h2-8,13-15,36H,9-12,16-17H2,1H3,(H2,34,40)(H,37,41). The molecule has 42 heavy (non-hydrogen) atoms. The Balaban J connectivity index is 1.27. The number of carbonyl (C=O) groups is 2. The molecule has 10 heteroatoms. The highest BCUT2D eigenvalue weighted by Gasteiger charge is 2.25. The average Bonchev–Trinajstić information content (AvgIpc) is 3.59. The second-order valence-electron chi connectivity index (χ2n) is 10.8. The number of nitrogens with one attached hydrogen (secondary N) is 2. The largest absolute Gasteiger partial charge is 0.378 e. The van der Waals surface area contributed by atoms with Gasteiger partial charge in [0.2, 0.25) is 0 Å². The molecule has 0 unspecified atom stereocenters. The van der Waals surface area contributed by atoms with Crippen molar-refractivity contribution in [2.24, 2.45) is 5.73 Å². The van der Waals surface area contributed by atoms with Crippen LogP contribution in [0.2, 0.25) is 0 Å². The molecule has 3 amide bonds. The first-order valence-corrected chi connectivity index (χ1v) is 13.9. The van der Waals surface area contributed by atoms with Gasteiger partial charge in [0.15, 0.2) is 5.69 Å². The quantitative estimate of drug-likeness (QED) is 0.273. The van der Waals surface area contributed by atoms with Crippen LogP contribution in [0.3, 0.4) is 0 Å². The predicted molar refractivity (Wildman–Crippen MR) is 160 cm³/mol. The molecule has 212 valence electrons. The van der Waals surface area contributed by atoms with E-state index in [4.69, 9.17) is 10.5 Å². The van der Waals surface area contributed by atoms with Crippen molar-refractivity contribution in [3.8, 4) is 11.1 Å². The molecule has 4 heterocycles. The molecular weight excluding hydrogens is 535 g/mol. The zero-order valence-corrected chi connectivity index (χ0v) is 23.0. The number of halogens is 1. The molecule has 0 aliphatic carbocycles. The number of aromatic nitrogens is 2. The van der Waals surface area contributed by atoms with E-state index in [2.05, 4.69) is 38.4 Å². The third-order valence-electron chi connectivity index (χ3n) is 8.26. The number of anilines is 2. The molecule has 2 aromatic heterocycles. The van der Waals surface area contributed by atoms with Gasteiger partial charge in [0.05, 0.1) is 18.7 Å². The third-order valence-corrected chi connectivity index (χ3v) is 8.26. The Bertz CT molecular complexity index is 1900. The third kappa shape index (κ3) is 4.40. The zero-order chi connectivity index (χ0) is 29.0. The summed E-state index contributed by atoms with van der Waals surface area (Å²) in [4.78, 5) is 37.4. The van der Waals surface area contributed by atoms with Crippen molar-refractivity contribution < 1.29 is 18.7 Å². The van der Waals surface area contributed by atoms with E-state index in [0.717, 1.165) is 62.9 Å². The van der Waals surface area contributed by atoms with Gasteiger partial charge in [-0.05, 0) is 59.5 Å². The molecule has 9 nitrogen and oxygen atoms in total. The van der Waals surface area contributed by atoms with Crippen LogP contribution in [0.25, 0.3) is 32.9 Å². The van der Waals surface area contributed by atoms with Gasteiger partial charge in [0.1, 0.15) is 5.82 Å². The van der Waals surface area contributed by atoms with Crippen LogP contribution in [0.15, 0.2) is 60.8 Å². The van der Waals surface area contributed by atoms with E-state index in [9.17, 15) is 14.0 Å². The highest BCUT2D eigenvalue weighted by atomic mass is 19.1. The number of aromatic amines is 1. The van der Waals surface area contributed by atoms with Crippen molar-refractivity contribution in [2.45, 2.75) is 20.0 Å². The van der Waals surface area contributed by atoms with Gasteiger partial charge in [0.25, 0.3) is 5.91 Å². The number of ether oxygens (including phenoxy) is 1. The first kappa shape index (κ1) is 26.0. The van der Waals surface area contributed by atoms with E-state index >= 15 is 0 Å². The number of pyridine rings is 1. The number of amides is 3. The Morgan fingerprint density at radius 2 is 1.83 bits per heavy atom. The number of rotatable bonds is 4. The van der Waals surface area contributed by atoms with Crippen LogP contribution in [-0.4, -0.2) is 53.1 Å². The monoisotopic (exact) mass is 564 g/mol. The molecule has 0 bridgehead atoms. The fourth-order valence-corrected chi connectivity index (χ4v) is 6.07. The first-order valence-electron chi connectivity index (χ1n) is 13.9. The van der Waals surface area contributed by atoms with Gasteiger partial charge >= 0.3 is 6.03 Å². The van der Waals surface area contributed by atoms with Crippen molar-refractivity contribution in [1.29, 1.82) is 0 Å². The Morgan fingerprint density at radius 3 is 2.64 bits per heavy atom. The molecule has 0 atom stereocenters. The summed E-state index contributed by atoms with van der Waals surface area (Å²) in [6, 6.07) is 16.3. The Hall–Kier alpha value is -4.96. The van der Waals surface area contributed by atoms with Crippen molar-refractivity contribution in [3.05, 3.63) is 89.0 Å². The minimum absolute atomic E-state index is 0.171. The molecular formula is C32H29FN6O3. The first-order chi connectivity index (χ1) is 20.4. The molecule has 2 aliphatic heterocycles. The van der Waals surface area contributed by atoms with E-state index in [0.29, 0.717) is 37.5 Å². The summed E-state index contributed by atoms with van der Waals surface area (Å²) in [6.07, 6.45) is 1.67. The molecule has 2 aliphatic rings. The number of H-pyrrole nitrogens is 1. The van der Waals surface area contributed by atoms with E-state index in [1.165, 1.54) is 12.1 Å². The van der Waals surface area contributed by atoms with Crippen molar-refractivity contribution in [1.82, 2.24) is 14.9 Å². The van der Waals surface area contributed by atoms with E-state index in [1.807, 2.05) is 25.1 Å². The van der Waals surface area contributed by atoms with E-state index < -0.39 is 5.91 Å². The fourth-order valence-electron chi connectivity index (χ4n) is 6.07. The maximum atomic E-state index is 13.7. The summed E-state index contributed by atoms with van der Waals surface area (Å²) in [5, 5.41) is 4.82. The number of fused-ring (bicyclic) bond motifs is 4. The normalized spacial score (nSPS) is 14.9. The van der Waals surface area contributed by atoms with E-state index in [-0.39, 0.29) is 17.5 Å². The highest BCUT2D eigenvalue weighted by Crippen LogP contribution is 2.39. The van der Waals surface area contributed by atoms with Gasteiger partial charge in [-0.1, -0.05) is 24.3 Å². The zero-order valence-electron chi connectivity index (χ0n) is 23.0. The van der Waals surface area contributed by atoms with Crippen LogP contribution in [-0.2, 0) is 17.8 Å². The number of primary amides is 1. The second-order valence-corrected chi connectivity index (χ2v) is 10.8. The second kappa shape index (κ2) is 10.1. The van der Waals surface area contributed by atoms with Gasteiger partial charge in [-0.2, -0.15) is 0 Å². The number of nitrogens with two attached hydrogens (primary N) is 1. The fraction of sp³-hybridized carbons (Fsp3) is 0.219. The minimum Gasteiger partial charge on any atom is -0.378 e. The number of morpholine rings is 1. The summed E-state index contributed by atoms with van der Waals surface area (Å²) in [7, 11) is 0. The lowest BCUT2D eigenvalue weighted by molar-refractivity contribution is 0.0997. The Labute approximate surface area is 241 Å². The smallest absolute Gasteiger partial charge is 0.322 e. The molecule has 0 saturated carbocycles. The number of urea groups is 1. The lowest BCUT2D eigenvalue weighted by atomic mass is 9.96. The molecule has 0 spiro atoms. The van der Waals surface area contributed by atoms with E-state index in [1.54, 1.807) is 17.2 Å². The van der Waals surface area contributed by atoms with Crippen LogP contribution >= 0.6 is 0 Å². The van der Waals surface area contributed by atoms with Crippen molar-refractivity contribution >= 4 is 45.1 Å². The SMILES string of the molecule is Cc1c(NC(=O)N2Cc3ccc(F)cc3C2)cccc1-c1cnc(C(N)=O)c2[nH]c3cc(N4CCOCC4)ccc3c12. The van der Waals surface area contributed by atoms with Crippen molar-refractivity contribution in [2.75, 3.05) is 36.5 Å². The van der Waals surface area contributed by atoms with Crippen LogP contribution in [0, 0.1) is 12.7 Å². The lowest BCUT2D eigenvalue weighted by Crippen LogP contribution is -2.36. The van der Waals surface area contributed by atoms with Gasteiger partial charge in [-0.3, -0.25) is 4.79 Å². The number of nitrogens with zero attached hydrogens (tertiary/aromatic N) is 3. The summed E-state index contributed by atoms with van der Waals surface area (Å²) in [5.41, 5.74) is 13.4. The number of hydrogen-bond acceptors (Lipinski definition) is 5. The number of hydrogen-bond donors (Lipinski definition) is 3. The average molecular weight is 565 g/mol. The summed E-state index contributed by atoms with van der Waals surface area (Å²) < 4.78 is 19.2. The lowest BCUT2D eigenvalue weighted by Gasteiger charge is -2.28. The summed E-state index contributed by atoms with van der Waals surface area (Å²) in [6.45, 7) is 5.68. The summed E-state index contributed by atoms with van der Waals surface area (Å²) >= 11 is 0. The van der Waals surface area contributed by atoms with Crippen LogP contribution in [0.4, 0.5) is 20.6 Å². The number of benzene rings is 3. The predicted octanol–water partition coefficient (Wildman–Crippen LogP) is 5.31. The van der Waals surface area contributed by atoms with Crippen LogP contribution < -0.4 is 16.0 Å². The van der Waals surface area contributed by atoms with Crippen molar-refractivity contribution in [3.63, 3.8) is 0 Å². The maximum Gasteiger partial charge on any atom is 0.322 e. The molecule has 1 saturated heterocycles.